The maximum absolute atomic E-state index is 13.7. The molecule has 2 N–H and O–H groups in total. The molecule has 3 unspecified atom stereocenters. The first kappa shape index (κ1) is 12.7. The van der Waals surface area contributed by atoms with Crippen LogP contribution in [0.15, 0.2) is 28.7 Å². The Labute approximate surface area is 112 Å². The molecular weight excluding hydrogens is 241 g/mol. The highest BCUT2D eigenvalue weighted by molar-refractivity contribution is 5.78. The van der Waals surface area contributed by atoms with Crippen LogP contribution in [0, 0.1) is 17.7 Å². The molecule has 1 saturated carbocycles. The maximum Gasteiger partial charge on any atom is 0.169 e. The molecule has 2 aromatic rings. The first-order chi connectivity index (χ1) is 9.19. The minimum Gasteiger partial charge on any atom is -0.458 e. The molecule has 0 aliphatic heterocycles. The van der Waals surface area contributed by atoms with E-state index < -0.39 is 0 Å². The van der Waals surface area contributed by atoms with E-state index in [-0.39, 0.29) is 5.82 Å². The second-order valence-electron chi connectivity index (χ2n) is 5.83. The SMILES string of the molecule is CC1CCC(CN)C(c2cc3cccc(F)c3o2)C1. The highest BCUT2D eigenvalue weighted by Gasteiger charge is 2.31. The van der Waals surface area contributed by atoms with Crippen LogP contribution in [-0.2, 0) is 0 Å². The van der Waals surface area contributed by atoms with Gasteiger partial charge in [-0.1, -0.05) is 25.5 Å². The molecule has 1 aliphatic carbocycles. The molecule has 0 spiro atoms. The van der Waals surface area contributed by atoms with Crippen LogP contribution >= 0.6 is 0 Å². The van der Waals surface area contributed by atoms with E-state index in [2.05, 4.69) is 6.92 Å². The second kappa shape index (κ2) is 4.97. The van der Waals surface area contributed by atoms with Crippen LogP contribution in [0.4, 0.5) is 4.39 Å². The van der Waals surface area contributed by atoms with Crippen molar-refractivity contribution in [2.45, 2.75) is 32.1 Å². The molecule has 3 rings (SSSR count). The quantitative estimate of drug-likeness (QED) is 0.885. The lowest BCUT2D eigenvalue weighted by Crippen LogP contribution is -2.27. The highest BCUT2D eigenvalue weighted by atomic mass is 19.1. The molecule has 1 aliphatic rings. The van der Waals surface area contributed by atoms with Crippen LogP contribution in [0.25, 0.3) is 11.0 Å². The van der Waals surface area contributed by atoms with Gasteiger partial charge in [-0.3, -0.25) is 0 Å². The standard InChI is InChI=1S/C16H20FNO/c1-10-5-6-12(9-18)13(7-10)15-8-11-3-2-4-14(17)16(11)19-15/h2-4,8,10,12-13H,5-7,9,18H2,1H3. The topological polar surface area (TPSA) is 39.2 Å². The number of rotatable bonds is 2. The third-order valence-electron chi connectivity index (χ3n) is 4.44. The Hall–Kier alpha value is -1.35. The predicted molar refractivity (Wildman–Crippen MR) is 74.5 cm³/mol. The Morgan fingerprint density at radius 3 is 2.95 bits per heavy atom. The number of furan rings is 1. The van der Waals surface area contributed by atoms with Crippen LogP contribution in [0.2, 0.25) is 0 Å². The molecule has 0 amide bonds. The van der Waals surface area contributed by atoms with Crippen LogP contribution in [0.1, 0.15) is 37.9 Å². The average molecular weight is 261 g/mol. The summed E-state index contributed by atoms with van der Waals surface area (Å²) in [5.41, 5.74) is 6.27. The zero-order chi connectivity index (χ0) is 13.4. The van der Waals surface area contributed by atoms with E-state index in [1.807, 2.05) is 12.1 Å². The summed E-state index contributed by atoms with van der Waals surface area (Å²) in [4.78, 5) is 0. The predicted octanol–water partition coefficient (Wildman–Crippen LogP) is 4.05. The van der Waals surface area contributed by atoms with E-state index in [1.165, 1.54) is 12.5 Å². The van der Waals surface area contributed by atoms with E-state index in [4.69, 9.17) is 10.2 Å². The van der Waals surface area contributed by atoms with Crippen LogP contribution in [0.5, 0.6) is 0 Å². The van der Waals surface area contributed by atoms with Crippen molar-refractivity contribution in [1.29, 1.82) is 0 Å². The number of halogens is 1. The lowest BCUT2D eigenvalue weighted by Gasteiger charge is -2.32. The Bertz CT molecular complexity index is 577. The zero-order valence-corrected chi connectivity index (χ0v) is 11.2. The summed E-state index contributed by atoms with van der Waals surface area (Å²) < 4.78 is 19.5. The monoisotopic (exact) mass is 261 g/mol. The number of hydrogen-bond donors (Lipinski definition) is 1. The van der Waals surface area contributed by atoms with Crippen molar-refractivity contribution in [1.82, 2.24) is 0 Å². The van der Waals surface area contributed by atoms with Crippen molar-refractivity contribution >= 4 is 11.0 Å². The molecule has 19 heavy (non-hydrogen) atoms. The van der Waals surface area contributed by atoms with Crippen molar-refractivity contribution in [3.63, 3.8) is 0 Å². The average Bonchev–Trinajstić information content (AvgIpc) is 2.84. The number of para-hydroxylation sites is 1. The molecule has 1 fully saturated rings. The van der Waals surface area contributed by atoms with Gasteiger partial charge in [0.2, 0.25) is 0 Å². The van der Waals surface area contributed by atoms with Crippen LogP contribution in [-0.4, -0.2) is 6.54 Å². The van der Waals surface area contributed by atoms with Crippen molar-refractivity contribution in [2.24, 2.45) is 17.6 Å². The largest absolute Gasteiger partial charge is 0.458 e. The lowest BCUT2D eigenvalue weighted by molar-refractivity contribution is 0.231. The molecule has 1 heterocycles. The van der Waals surface area contributed by atoms with Crippen molar-refractivity contribution < 1.29 is 8.81 Å². The van der Waals surface area contributed by atoms with Gasteiger partial charge in [-0.15, -0.1) is 0 Å². The summed E-state index contributed by atoms with van der Waals surface area (Å²) in [6.07, 6.45) is 3.46. The van der Waals surface area contributed by atoms with Gasteiger partial charge >= 0.3 is 0 Å². The summed E-state index contributed by atoms with van der Waals surface area (Å²) in [6.45, 7) is 2.94. The van der Waals surface area contributed by atoms with Crippen molar-refractivity contribution in [3.8, 4) is 0 Å². The van der Waals surface area contributed by atoms with Gasteiger partial charge in [0.05, 0.1) is 0 Å². The molecule has 102 valence electrons. The number of benzene rings is 1. The zero-order valence-electron chi connectivity index (χ0n) is 11.2. The molecule has 3 heteroatoms. The van der Waals surface area contributed by atoms with Gasteiger partial charge < -0.3 is 10.2 Å². The summed E-state index contributed by atoms with van der Waals surface area (Å²) in [6, 6.07) is 7.05. The van der Waals surface area contributed by atoms with Gasteiger partial charge in [-0.05, 0) is 43.4 Å². The van der Waals surface area contributed by atoms with Crippen molar-refractivity contribution in [3.05, 3.63) is 35.8 Å². The Morgan fingerprint density at radius 1 is 1.37 bits per heavy atom. The molecule has 0 saturated heterocycles. The van der Waals surface area contributed by atoms with Gasteiger partial charge in [0, 0.05) is 11.3 Å². The fraction of sp³-hybridized carbons (Fsp3) is 0.500. The first-order valence-corrected chi connectivity index (χ1v) is 7.07. The summed E-state index contributed by atoms with van der Waals surface area (Å²) in [5, 5.41) is 0.851. The Morgan fingerprint density at radius 2 is 2.21 bits per heavy atom. The number of fused-ring (bicyclic) bond motifs is 1. The summed E-state index contributed by atoms with van der Waals surface area (Å²) in [7, 11) is 0. The van der Waals surface area contributed by atoms with E-state index in [1.54, 1.807) is 6.07 Å². The van der Waals surface area contributed by atoms with Gasteiger partial charge in [0.1, 0.15) is 5.76 Å². The number of nitrogens with two attached hydrogens (primary N) is 1. The summed E-state index contributed by atoms with van der Waals surface area (Å²) >= 11 is 0. The molecular formula is C16H20FNO. The van der Waals surface area contributed by atoms with E-state index in [0.29, 0.717) is 29.9 Å². The molecule has 2 nitrogen and oxygen atoms in total. The normalized spacial score (nSPS) is 27.8. The third kappa shape index (κ3) is 2.27. The van der Waals surface area contributed by atoms with Crippen molar-refractivity contribution in [2.75, 3.05) is 6.54 Å². The molecule has 1 aromatic heterocycles. The highest BCUT2D eigenvalue weighted by Crippen LogP contribution is 2.41. The van der Waals surface area contributed by atoms with Crippen LogP contribution in [0.3, 0.4) is 0 Å². The second-order valence-corrected chi connectivity index (χ2v) is 5.83. The molecule has 3 atom stereocenters. The van der Waals surface area contributed by atoms with Gasteiger partial charge in [-0.2, -0.15) is 0 Å². The van der Waals surface area contributed by atoms with E-state index in [9.17, 15) is 4.39 Å². The fourth-order valence-corrected chi connectivity index (χ4v) is 3.30. The Balaban J connectivity index is 1.99. The van der Waals surface area contributed by atoms with E-state index in [0.717, 1.165) is 24.0 Å². The van der Waals surface area contributed by atoms with Crippen LogP contribution < -0.4 is 5.73 Å². The minimum absolute atomic E-state index is 0.281. The van der Waals surface area contributed by atoms with E-state index >= 15 is 0 Å². The van der Waals surface area contributed by atoms with Gasteiger partial charge in [0.25, 0.3) is 0 Å². The first-order valence-electron chi connectivity index (χ1n) is 7.07. The minimum atomic E-state index is -0.281. The molecule has 1 aromatic carbocycles. The third-order valence-corrected chi connectivity index (χ3v) is 4.44. The molecule has 0 radical (unpaired) electrons. The maximum atomic E-state index is 13.7. The van der Waals surface area contributed by atoms with Gasteiger partial charge in [-0.25, -0.2) is 4.39 Å². The van der Waals surface area contributed by atoms with Gasteiger partial charge in [0.15, 0.2) is 11.4 Å². The summed E-state index contributed by atoms with van der Waals surface area (Å²) in [5.74, 6) is 2.10. The lowest BCUT2D eigenvalue weighted by atomic mass is 9.73. The fourth-order valence-electron chi connectivity index (χ4n) is 3.30. The Kier molecular flexibility index (Phi) is 3.31. The smallest absolute Gasteiger partial charge is 0.169 e. The molecule has 0 bridgehead atoms. The number of hydrogen-bond acceptors (Lipinski definition) is 2.